The molecule has 0 aromatic heterocycles. The van der Waals surface area contributed by atoms with E-state index in [9.17, 15) is 4.39 Å². The summed E-state index contributed by atoms with van der Waals surface area (Å²) in [4.78, 5) is 2.01. The minimum atomic E-state index is -0.262. The Hall–Kier alpha value is -1.29. The molecule has 2 rings (SSSR count). The molecule has 0 atom stereocenters. The van der Waals surface area contributed by atoms with Crippen molar-refractivity contribution in [2.75, 3.05) is 30.3 Å². The molecule has 0 bridgehead atoms. The molecule has 16 heavy (non-hydrogen) atoms. The summed E-state index contributed by atoms with van der Waals surface area (Å²) in [6, 6.07) is 4.80. The van der Waals surface area contributed by atoms with Crippen LogP contribution in [0, 0.1) is 11.7 Å². The van der Waals surface area contributed by atoms with Crippen molar-refractivity contribution in [1.82, 2.24) is 0 Å². The standard InChI is InChI=1S/C12H17FN2O/c13-11-7-10(14)1-2-12(11)15-5-3-9(8-16)4-6-15/h1-2,7,9,16H,3-6,8,14H2. The highest BCUT2D eigenvalue weighted by atomic mass is 19.1. The van der Waals surface area contributed by atoms with Gasteiger partial charge in [0.1, 0.15) is 5.82 Å². The molecule has 0 radical (unpaired) electrons. The fourth-order valence-corrected chi connectivity index (χ4v) is 2.14. The molecule has 0 saturated carbocycles. The van der Waals surface area contributed by atoms with Crippen molar-refractivity contribution in [2.24, 2.45) is 5.92 Å². The number of aliphatic hydroxyl groups is 1. The Morgan fingerprint density at radius 1 is 1.38 bits per heavy atom. The van der Waals surface area contributed by atoms with E-state index in [1.807, 2.05) is 4.90 Å². The van der Waals surface area contributed by atoms with Gasteiger partial charge in [0.15, 0.2) is 0 Å². The van der Waals surface area contributed by atoms with E-state index in [4.69, 9.17) is 10.8 Å². The van der Waals surface area contributed by atoms with Gasteiger partial charge in [-0.15, -0.1) is 0 Å². The number of nitrogen functional groups attached to an aromatic ring is 1. The number of halogens is 1. The lowest BCUT2D eigenvalue weighted by Crippen LogP contribution is -2.35. The number of piperidine rings is 1. The number of anilines is 2. The molecule has 1 aromatic carbocycles. The Bertz CT molecular complexity index is 362. The second-order valence-electron chi connectivity index (χ2n) is 4.32. The Morgan fingerprint density at radius 2 is 2.06 bits per heavy atom. The van der Waals surface area contributed by atoms with Crippen LogP contribution >= 0.6 is 0 Å². The minimum absolute atomic E-state index is 0.234. The smallest absolute Gasteiger partial charge is 0.148 e. The van der Waals surface area contributed by atoms with Crippen molar-refractivity contribution in [1.29, 1.82) is 0 Å². The fraction of sp³-hybridized carbons (Fsp3) is 0.500. The molecule has 0 amide bonds. The fourth-order valence-electron chi connectivity index (χ4n) is 2.14. The van der Waals surface area contributed by atoms with Crippen LogP contribution in [-0.2, 0) is 0 Å². The van der Waals surface area contributed by atoms with E-state index < -0.39 is 0 Å². The van der Waals surface area contributed by atoms with Crippen LogP contribution in [0.2, 0.25) is 0 Å². The quantitative estimate of drug-likeness (QED) is 0.750. The summed E-state index contributed by atoms with van der Waals surface area (Å²) in [5.41, 5.74) is 6.58. The predicted molar refractivity (Wildman–Crippen MR) is 62.8 cm³/mol. The van der Waals surface area contributed by atoms with Gasteiger partial charge in [0, 0.05) is 25.4 Å². The van der Waals surface area contributed by atoms with E-state index in [0.717, 1.165) is 25.9 Å². The van der Waals surface area contributed by atoms with Crippen molar-refractivity contribution in [3.05, 3.63) is 24.0 Å². The van der Waals surface area contributed by atoms with Crippen LogP contribution in [-0.4, -0.2) is 24.8 Å². The summed E-state index contributed by atoms with van der Waals surface area (Å²) in [5, 5.41) is 9.03. The highest BCUT2D eigenvalue weighted by Gasteiger charge is 2.20. The summed E-state index contributed by atoms with van der Waals surface area (Å²) < 4.78 is 13.6. The highest BCUT2D eigenvalue weighted by Crippen LogP contribution is 2.26. The third kappa shape index (κ3) is 2.27. The summed E-state index contributed by atoms with van der Waals surface area (Å²) >= 11 is 0. The maximum absolute atomic E-state index is 13.6. The van der Waals surface area contributed by atoms with Crippen molar-refractivity contribution in [3.8, 4) is 0 Å². The lowest BCUT2D eigenvalue weighted by atomic mass is 9.97. The van der Waals surface area contributed by atoms with Gasteiger partial charge in [-0.3, -0.25) is 0 Å². The van der Waals surface area contributed by atoms with Gasteiger partial charge < -0.3 is 15.7 Å². The monoisotopic (exact) mass is 224 g/mol. The van der Waals surface area contributed by atoms with Gasteiger partial charge in [0.2, 0.25) is 0 Å². The highest BCUT2D eigenvalue weighted by molar-refractivity contribution is 5.54. The van der Waals surface area contributed by atoms with E-state index in [1.54, 1.807) is 12.1 Å². The first-order chi connectivity index (χ1) is 7.70. The number of rotatable bonds is 2. The van der Waals surface area contributed by atoms with E-state index in [-0.39, 0.29) is 12.4 Å². The predicted octanol–water partition coefficient (Wildman–Crippen LogP) is 1.62. The van der Waals surface area contributed by atoms with Crippen LogP contribution in [0.25, 0.3) is 0 Å². The normalized spacial score (nSPS) is 17.8. The number of benzene rings is 1. The molecule has 0 spiro atoms. The van der Waals surface area contributed by atoms with E-state index in [0.29, 0.717) is 17.3 Å². The van der Waals surface area contributed by atoms with Crippen LogP contribution in [0.15, 0.2) is 18.2 Å². The molecule has 1 heterocycles. The van der Waals surface area contributed by atoms with Crippen LogP contribution in [0.3, 0.4) is 0 Å². The van der Waals surface area contributed by atoms with E-state index in [1.165, 1.54) is 6.07 Å². The Kier molecular flexibility index (Phi) is 3.29. The number of aliphatic hydroxyl groups excluding tert-OH is 1. The van der Waals surface area contributed by atoms with E-state index in [2.05, 4.69) is 0 Å². The average molecular weight is 224 g/mol. The molecule has 1 fully saturated rings. The molecule has 3 N–H and O–H groups in total. The minimum Gasteiger partial charge on any atom is -0.399 e. The first-order valence-corrected chi connectivity index (χ1v) is 5.61. The molecular weight excluding hydrogens is 207 g/mol. The number of nitrogens with zero attached hydrogens (tertiary/aromatic N) is 1. The second kappa shape index (κ2) is 4.70. The molecule has 1 aromatic rings. The molecule has 1 saturated heterocycles. The number of hydrogen-bond donors (Lipinski definition) is 2. The van der Waals surface area contributed by atoms with Gasteiger partial charge >= 0.3 is 0 Å². The Labute approximate surface area is 94.7 Å². The zero-order valence-corrected chi connectivity index (χ0v) is 9.19. The molecule has 1 aliphatic heterocycles. The SMILES string of the molecule is Nc1ccc(N2CCC(CO)CC2)c(F)c1. The third-order valence-corrected chi connectivity index (χ3v) is 3.19. The van der Waals surface area contributed by atoms with Crippen molar-refractivity contribution >= 4 is 11.4 Å². The van der Waals surface area contributed by atoms with Crippen molar-refractivity contribution < 1.29 is 9.50 Å². The first kappa shape index (κ1) is 11.2. The second-order valence-corrected chi connectivity index (χ2v) is 4.32. The number of hydrogen-bond acceptors (Lipinski definition) is 3. The average Bonchev–Trinajstić information content (AvgIpc) is 2.29. The van der Waals surface area contributed by atoms with Gasteiger partial charge in [-0.05, 0) is 37.0 Å². The third-order valence-electron chi connectivity index (χ3n) is 3.19. The van der Waals surface area contributed by atoms with Gasteiger partial charge in [-0.25, -0.2) is 4.39 Å². The first-order valence-electron chi connectivity index (χ1n) is 5.61. The summed E-state index contributed by atoms with van der Waals surface area (Å²) in [6.45, 7) is 1.83. The topological polar surface area (TPSA) is 49.5 Å². The zero-order valence-electron chi connectivity index (χ0n) is 9.19. The van der Waals surface area contributed by atoms with Crippen LogP contribution < -0.4 is 10.6 Å². The van der Waals surface area contributed by atoms with Crippen molar-refractivity contribution in [3.63, 3.8) is 0 Å². The molecule has 88 valence electrons. The van der Waals surface area contributed by atoms with Crippen LogP contribution in [0.5, 0.6) is 0 Å². The maximum atomic E-state index is 13.6. The zero-order chi connectivity index (χ0) is 11.5. The molecular formula is C12H17FN2O. The molecule has 0 aliphatic carbocycles. The van der Waals surface area contributed by atoms with Crippen LogP contribution in [0.4, 0.5) is 15.8 Å². The van der Waals surface area contributed by atoms with Gasteiger partial charge in [-0.1, -0.05) is 0 Å². The van der Waals surface area contributed by atoms with Crippen molar-refractivity contribution in [2.45, 2.75) is 12.8 Å². The Balaban J connectivity index is 2.08. The largest absolute Gasteiger partial charge is 0.399 e. The van der Waals surface area contributed by atoms with Crippen LogP contribution in [0.1, 0.15) is 12.8 Å². The van der Waals surface area contributed by atoms with E-state index >= 15 is 0 Å². The lowest BCUT2D eigenvalue weighted by Gasteiger charge is -2.33. The molecule has 3 nitrogen and oxygen atoms in total. The summed E-state index contributed by atoms with van der Waals surface area (Å²) in [6.07, 6.45) is 1.83. The summed E-state index contributed by atoms with van der Waals surface area (Å²) in [5.74, 6) is 0.107. The van der Waals surface area contributed by atoms with Gasteiger partial charge in [0.05, 0.1) is 5.69 Å². The summed E-state index contributed by atoms with van der Waals surface area (Å²) in [7, 11) is 0. The number of nitrogens with two attached hydrogens (primary N) is 1. The molecule has 0 unspecified atom stereocenters. The Morgan fingerprint density at radius 3 is 2.62 bits per heavy atom. The van der Waals surface area contributed by atoms with Gasteiger partial charge in [0.25, 0.3) is 0 Å². The molecule has 1 aliphatic rings. The lowest BCUT2D eigenvalue weighted by molar-refractivity contribution is 0.203. The molecule has 4 heteroatoms. The maximum Gasteiger partial charge on any atom is 0.148 e. The van der Waals surface area contributed by atoms with Gasteiger partial charge in [-0.2, -0.15) is 0 Å².